The van der Waals surface area contributed by atoms with Crippen molar-refractivity contribution in [3.8, 4) is 11.5 Å². The zero-order valence-corrected chi connectivity index (χ0v) is 13.8. The highest BCUT2D eigenvalue weighted by Gasteiger charge is 2.16. The van der Waals surface area contributed by atoms with Crippen molar-refractivity contribution in [2.45, 2.75) is 26.3 Å². The van der Waals surface area contributed by atoms with Gasteiger partial charge in [-0.25, -0.2) is 0 Å². The van der Waals surface area contributed by atoms with Crippen molar-refractivity contribution in [2.75, 3.05) is 13.7 Å². The molecule has 0 aliphatic carbocycles. The summed E-state index contributed by atoms with van der Waals surface area (Å²) >= 11 is 0. The lowest BCUT2D eigenvalue weighted by molar-refractivity contribution is -0.121. The zero-order chi connectivity index (χ0) is 16.7. The molecule has 2 rings (SSSR count). The van der Waals surface area contributed by atoms with Crippen LogP contribution in [0.4, 0.5) is 0 Å². The van der Waals surface area contributed by atoms with Gasteiger partial charge in [0.15, 0.2) is 0 Å². The number of benzene rings is 2. The highest BCUT2D eigenvalue weighted by atomic mass is 16.5. The highest BCUT2D eigenvalue weighted by Crippen LogP contribution is 2.26. The molecule has 0 unspecified atom stereocenters. The summed E-state index contributed by atoms with van der Waals surface area (Å²) in [5, 5.41) is 3.07. The van der Waals surface area contributed by atoms with Gasteiger partial charge in [-0.15, -0.1) is 0 Å². The molecule has 122 valence electrons. The van der Waals surface area contributed by atoms with Crippen LogP contribution >= 0.6 is 0 Å². The Kier molecular flexibility index (Phi) is 6.03. The number of carbonyl (C=O) groups is 1. The molecule has 0 saturated heterocycles. The van der Waals surface area contributed by atoms with Crippen LogP contribution in [0.3, 0.4) is 0 Å². The number of rotatable bonds is 7. The molecule has 0 aliphatic rings. The van der Waals surface area contributed by atoms with E-state index in [4.69, 9.17) is 9.47 Å². The SMILES string of the molecule is CCOc1ccc([C@@H](NC(=O)CC)c2ccc(OC)cc2)cc1. The number of hydrogen-bond donors (Lipinski definition) is 1. The fourth-order valence-electron chi connectivity index (χ4n) is 2.34. The molecule has 0 heterocycles. The van der Waals surface area contributed by atoms with E-state index in [1.54, 1.807) is 7.11 Å². The molecule has 23 heavy (non-hydrogen) atoms. The number of ether oxygens (including phenoxy) is 2. The molecule has 2 aromatic carbocycles. The molecule has 0 aromatic heterocycles. The second kappa shape index (κ2) is 8.22. The van der Waals surface area contributed by atoms with Crippen LogP contribution in [0.25, 0.3) is 0 Å². The lowest BCUT2D eigenvalue weighted by Crippen LogP contribution is -2.28. The summed E-state index contributed by atoms with van der Waals surface area (Å²) < 4.78 is 10.7. The summed E-state index contributed by atoms with van der Waals surface area (Å²) in [7, 11) is 1.64. The van der Waals surface area contributed by atoms with E-state index in [2.05, 4.69) is 5.32 Å². The van der Waals surface area contributed by atoms with E-state index in [0.29, 0.717) is 13.0 Å². The fourth-order valence-corrected chi connectivity index (χ4v) is 2.34. The van der Waals surface area contributed by atoms with E-state index in [1.165, 1.54) is 0 Å². The molecule has 4 heteroatoms. The van der Waals surface area contributed by atoms with Gasteiger partial charge in [-0.05, 0) is 42.3 Å². The van der Waals surface area contributed by atoms with Crippen molar-refractivity contribution in [2.24, 2.45) is 0 Å². The third-order valence-corrected chi connectivity index (χ3v) is 3.60. The van der Waals surface area contributed by atoms with Crippen LogP contribution < -0.4 is 14.8 Å². The molecule has 0 fully saturated rings. The zero-order valence-electron chi connectivity index (χ0n) is 13.8. The molecular formula is C19H23NO3. The predicted molar refractivity (Wildman–Crippen MR) is 90.9 cm³/mol. The van der Waals surface area contributed by atoms with Gasteiger partial charge in [0.05, 0.1) is 19.8 Å². The molecule has 0 aliphatic heterocycles. The topological polar surface area (TPSA) is 47.6 Å². The van der Waals surface area contributed by atoms with Crippen molar-refractivity contribution in [3.63, 3.8) is 0 Å². The van der Waals surface area contributed by atoms with E-state index >= 15 is 0 Å². The summed E-state index contributed by atoms with van der Waals surface area (Å²) in [6, 6.07) is 15.4. The Morgan fingerprint density at radius 2 is 1.48 bits per heavy atom. The average Bonchev–Trinajstić information content (AvgIpc) is 2.60. The first-order valence-electron chi connectivity index (χ1n) is 7.84. The third-order valence-electron chi connectivity index (χ3n) is 3.60. The van der Waals surface area contributed by atoms with Gasteiger partial charge in [-0.1, -0.05) is 31.2 Å². The van der Waals surface area contributed by atoms with Gasteiger partial charge < -0.3 is 14.8 Å². The Morgan fingerprint density at radius 1 is 0.957 bits per heavy atom. The second-order valence-corrected chi connectivity index (χ2v) is 5.13. The Hall–Kier alpha value is -2.49. The molecule has 0 saturated carbocycles. The van der Waals surface area contributed by atoms with Crippen LogP contribution in [0.15, 0.2) is 48.5 Å². The van der Waals surface area contributed by atoms with E-state index in [-0.39, 0.29) is 11.9 Å². The normalized spacial score (nSPS) is 11.6. The van der Waals surface area contributed by atoms with Gasteiger partial charge in [-0.2, -0.15) is 0 Å². The third kappa shape index (κ3) is 4.49. The van der Waals surface area contributed by atoms with Crippen molar-refractivity contribution in [3.05, 3.63) is 59.7 Å². The van der Waals surface area contributed by atoms with Crippen LogP contribution in [0.5, 0.6) is 11.5 Å². The van der Waals surface area contributed by atoms with E-state index < -0.39 is 0 Å². The van der Waals surface area contributed by atoms with E-state index in [1.807, 2.05) is 62.4 Å². The lowest BCUT2D eigenvalue weighted by Gasteiger charge is -2.20. The Morgan fingerprint density at radius 3 is 1.91 bits per heavy atom. The number of methoxy groups -OCH3 is 1. The molecule has 0 radical (unpaired) electrons. The van der Waals surface area contributed by atoms with Gasteiger partial charge >= 0.3 is 0 Å². The first-order valence-corrected chi connectivity index (χ1v) is 7.84. The van der Waals surface area contributed by atoms with Crippen LogP contribution in [0, 0.1) is 0 Å². The van der Waals surface area contributed by atoms with Crippen molar-refractivity contribution < 1.29 is 14.3 Å². The van der Waals surface area contributed by atoms with Gasteiger partial charge in [0, 0.05) is 6.42 Å². The molecule has 1 amide bonds. The molecule has 0 bridgehead atoms. The minimum Gasteiger partial charge on any atom is -0.497 e. The number of carbonyl (C=O) groups excluding carboxylic acids is 1. The van der Waals surface area contributed by atoms with Gasteiger partial charge in [0.1, 0.15) is 11.5 Å². The lowest BCUT2D eigenvalue weighted by atomic mass is 9.98. The van der Waals surface area contributed by atoms with Crippen molar-refractivity contribution in [1.29, 1.82) is 0 Å². The predicted octanol–water partition coefficient (Wildman–Crippen LogP) is 3.71. The quantitative estimate of drug-likeness (QED) is 0.847. The smallest absolute Gasteiger partial charge is 0.220 e. The summed E-state index contributed by atoms with van der Waals surface area (Å²) in [5.41, 5.74) is 2.03. The van der Waals surface area contributed by atoms with Gasteiger partial charge in [-0.3, -0.25) is 4.79 Å². The fraction of sp³-hybridized carbons (Fsp3) is 0.316. The van der Waals surface area contributed by atoms with Crippen molar-refractivity contribution >= 4 is 5.91 Å². The van der Waals surface area contributed by atoms with Gasteiger partial charge in [0.2, 0.25) is 5.91 Å². The standard InChI is InChI=1S/C19H23NO3/c1-4-18(21)20-19(14-6-10-16(22-3)11-7-14)15-8-12-17(13-9-15)23-5-2/h6-13,19H,4-5H2,1-3H3,(H,20,21)/t19-/m0/s1. The summed E-state index contributed by atoms with van der Waals surface area (Å²) in [4.78, 5) is 11.9. The maximum Gasteiger partial charge on any atom is 0.220 e. The Balaban J connectivity index is 2.30. The molecule has 2 aromatic rings. The van der Waals surface area contributed by atoms with Crippen LogP contribution in [0.1, 0.15) is 37.4 Å². The van der Waals surface area contributed by atoms with E-state index in [9.17, 15) is 4.79 Å². The number of hydrogen-bond acceptors (Lipinski definition) is 3. The first kappa shape index (κ1) is 16.9. The minimum absolute atomic E-state index is 0.0136. The van der Waals surface area contributed by atoms with Crippen molar-refractivity contribution in [1.82, 2.24) is 5.32 Å². The summed E-state index contributed by atoms with van der Waals surface area (Å²) in [5.74, 6) is 1.63. The highest BCUT2D eigenvalue weighted by molar-refractivity contribution is 5.76. The molecule has 0 spiro atoms. The maximum absolute atomic E-state index is 11.9. The summed E-state index contributed by atoms with van der Waals surface area (Å²) in [6.07, 6.45) is 0.448. The minimum atomic E-state index is -0.191. The molecular weight excluding hydrogens is 290 g/mol. The maximum atomic E-state index is 11.9. The van der Waals surface area contributed by atoms with Gasteiger partial charge in [0.25, 0.3) is 0 Å². The molecule has 1 N–H and O–H groups in total. The molecule has 1 atom stereocenters. The van der Waals surface area contributed by atoms with E-state index in [0.717, 1.165) is 22.6 Å². The Bertz CT molecular complexity index is 620. The molecule has 4 nitrogen and oxygen atoms in total. The first-order chi connectivity index (χ1) is 11.2. The van der Waals surface area contributed by atoms with Crippen LogP contribution in [0.2, 0.25) is 0 Å². The van der Waals surface area contributed by atoms with Crippen LogP contribution in [-0.2, 0) is 4.79 Å². The largest absolute Gasteiger partial charge is 0.497 e. The number of nitrogens with one attached hydrogen (secondary N) is 1. The van der Waals surface area contributed by atoms with Crippen LogP contribution in [-0.4, -0.2) is 19.6 Å². The number of amides is 1. The summed E-state index contributed by atoms with van der Waals surface area (Å²) in [6.45, 7) is 4.43. The average molecular weight is 313 g/mol. The monoisotopic (exact) mass is 313 g/mol. The second-order valence-electron chi connectivity index (χ2n) is 5.13. The Labute approximate surface area is 137 Å².